The van der Waals surface area contributed by atoms with E-state index in [1.54, 1.807) is 4.68 Å². The number of carbonyl (C=O) groups is 1. The highest BCUT2D eigenvalue weighted by molar-refractivity contribution is 6.39. The lowest BCUT2D eigenvalue weighted by atomic mass is 10.0. The Labute approximate surface area is 233 Å². The van der Waals surface area contributed by atoms with Crippen molar-refractivity contribution < 1.29 is 14.3 Å². The van der Waals surface area contributed by atoms with Gasteiger partial charge < -0.3 is 14.8 Å². The molecule has 206 valence electrons. The number of hydrogen-bond donors (Lipinski definition) is 1. The van der Waals surface area contributed by atoms with E-state index in [2.05, 4.69) is 61.5 Å². The van der Waals surface area contributed by atoms with Gasteiger partial charge in [0.2, 0.25) is 0 Å². The fourth-order valence-corrected chi connectivity index (χ4v) is 5.16. The third-order valence-electron chi connectivity index (χ3n) is 5.97. The molecule has 0 aliphatic heterocycles. The van der Waals surface area contributed by atoms with Crippen LogP contribution >= 0.6 is 0 Å². The lowest BCUT2D eigenvalue weighted by Gasteiger charge is -2.19. The molecule has 4 rings (SSSR count). The minimum atomic E-state index is -0.520. The van der Waals surface area contributed by atoms with Gasteiger partial charge in [0.1, 0.15) is 18.0 Å². The Hall–Kier alpha value is -3.43. The molecule has 4 aromatic rings. The van der Waals surface area contributed by atoms with Gasteiger partial charge in [-0.3, -0.25) is 4.68 Å². The van der Waals surface area contributed by atoms with Crippen LogP contribution in [0.4, 0.5) is 4.79 Å². The molecule has 0 atom stereocenters. The minimum Gasteiger partial charge on any atom is -0.444 e. The summed E-state index contributed by atoms with van der Waals surface area (Å²) in [6.45, 7) is 13.8. The number of nitrogens with one attached hydrogen (secondary N) is 1. The van der Waals surface area contributed by atoms with Crippen molar-refractivity contribution in [3.05, 3.63) is 60.4 Å². The molecule has 9 heteroatoms. The topological polar surface area (TPSA) is 83.2 Å². The van der Waals surface area contributed by atoms with E-state index in [1.165, 1.54) is 0 Å². The maximum absolute atomic E-state index is 12.0. The number of amides is 1. The van der Waals surface area contributed by atoms with Crippen molar-refractivity contribution in [2.45, 2.75) is 71.5 Å². The Kier molecular flexibility index (Phi) is 8.61. The molecule has 0 spiro atoms. The van der Waals surface area contributed by atoms with Gasteiger partial charge in [0.05, 0.1) is 11.7 Å². The molecule has 1 amide bonds. The van der Waals surface area contributed by atoms with Gasteiger partial charge in [0, 0.05) is 46.9 Å². The van der Waals surface area contributed by atoms with Crippen molar-refractivity contribution in [3.8, 4) is 22.4 Å². The first-order valence-corrected chi connectivity index (χ1v) is 14.5. The molecule has 2 heterocycles. The summed E-state index contributed by atoms with van der Waals surface area (Å²) < 4.78 is 15.1. The van der Waals surface area contributed by atoms with Crippen molar-refractivity contribution >= 4 is 26.5 Å². The SMILES string of the molecule is Cn1cc(-c2nn(COCC[Si]C(C)(C)C)c3cc(-c4ccc(CNC(=O)OC(C)(C)C)cc4)ccc23)cn1. The third kappa shape index (κ3) is 8.03. The van der Waals surface area contributed by atoms with Crippen LogP contribution in [0.1, 0.15) is 47.1 Å². The summed E-state index contributed by atoms with van der Waals surface area (Å²) in [6.07, 6.45) is 3.40. The lowest BCUT2D eigenvalue weighted by molar-refractivity contribution is 0.0523. The van der Waals surface area contributed by atoms with Gasteiger partial charge in [-0.2, -0.15) is 10.2 Å². The van der Waals surface area contributed by atoms with Crippen molar-refractivity contribution in [3.63, 3.8) is 0 Å². The number of nitrogens with zero attached hydrogens (tertiary/aromatic N) is 4. The van der Waals surface area contributed by atoms with Crippen molar-refractivity contribution in [1.82, 2.24) is 24.9 Å². The van der Waals surface area contributed by atoms with Gasteiger partial charge in [0.15, 0.2) is 0 Å². The molecule has 2 aromatic carbocycles. The van der Waals surface area contributed by atoms with E-state index in [9.17, 15) is 4.79 Å². The zero-order chi connectivity index (χ0) is 28.2. The molecule has 8 nitrogen and oxygen atoms in total. The molecule has 0 saturated carbocycles. The third-order valence-corrected chi connectivity index (χ3v) is 7.48. The van der Waals surface area contributed by atoms with Gasteiger partial charge in [-0.25, -0.2) is 9.48 Å². The Morgan fingerprint density at radius 2 is 1.72 bits per heavy atom. The fourth-order valence-electron chi connectivity index (χ4n) is 4.16. The number of rotatable bonds is 9. The molecule has 0 aliphatic carbocycles. The molecule has 39 heavy (non-hydrogen) atoms. The first kappa shape index (κ1) is 28.6. The summed E-state index contributed by atoms with van der Waals surface area (Å²) in [7, 11) is 2.76. The second-order valence-corrected chi connectivity index (χ2v) is 14.1. The predicted molar refractivity (Wildman–Crippen MR) is 157 cm³/mol. The van der Waals surface area contributed by atoms with Crippen LogP contribution in [-0.4, -0.2) is 47.4 Å². The lowest BCUT2D eigenvalue weighted by Crippen LogP contribution is -2.32. The van der Waals surface area contributed by atoms with Gasteiger partial charge in [-0.1, -0.05) is 51.1 Å². The Balaban J connectivity index is 1.53. The minimum absolute atomic E-state index is 0.325. The molecule has 0 aliphatic rings. The highest BCUT2D eigenvalue weighted by Gasteiger charge is 2.17. The van der Waals surface area contributed by atoms with Gasteiger partial charge in [0.25, 0.3) is 0 Å². The van der Waals surface area contributed by atoms with Crippen molar-refractivity contribution in [1.29, 1.82) is 0 Å². The van der Waals surface area contributed by atoms with Crippen LogP contribution in [0, 0.1) is 0 Å². The normalized spacial score (nSPS) is 12.2. The number of carbonyl (C=O) groups excluding carboxylic acids is 1. The first-order chi connectivity index (χ1) is 18.4. The van der Waals surface area contributed by atoms with Crippen LogP contribution in [0.25, 0.3) is 33.3 Å². The largest absolute Gasteiger partial charge is 0.444 e. The molecule has 2 radical (unpaired) electrons. The Morgan fingerprint density at radius 1 is 1.00 bits per heavy atom. The average molecular weight is 546 g/mol. The number of hydrogen-bond acceptors (Lipinski definition) is 5. The van der Waals surface area contributed by atoms with Crippen molar-refractivity contribution in [2.24, 2.45) is 7.05 Å². The standard InChI is InChI=1S/C30H39N5O3Si/c1-29(2,3)38-28(36)31-17-21-8-10-22(11-9-21)23-12-13-25-26(16-23)35(20-37-14-15-39-30(4,5)6)33-27(25)24-18-32-34(7)19-24/h8-13,16,18-19H,14-15,17,20H2,1-7H3,(H,31,36). The summed E-state index contributed by atoms with van der Waals surface area (Å²) in [5.74, 6) is 0. The summed E-state index contributed by atoms with van der Waals surface area (Å²) in [4.78, 5) is 12.0. The predicted octanol–water partition coefficient (Wildman–Crippen LogP) is 6.44. The van der Waals surface area contributed by atoms with E-state index in [0.29, 0.717) is 24.9 Å². The van der Waals surface area contributed by atoms with Crippen LogP contribution in [0.3, 0.4) is 0 Å². The molecular formula is C30H39N5O3Si. The smallest absolute Gasteiger partial charge is 0.407 e. The number of alkyl carbamates (subject to hydrolysis) is 1. The quantitative estimate of drug-likeness (QED) is 0.193. The number of aromatic nitrogens is 4. The summed E-state index contributed by atoms with van der Waals surface area (Å²) in [6, 6.07) is 15.6. The zero-order valence-corrected chi connectivity index (χ0v) is 25.0. The highest BCUT2D eigenvalue weighted by Crippen LogP contribution is 2.32. The van der Waals surface area contributed by atoms with Gasteiger partial charge in [-0.05, 0) is 60.7 Å². The molecule has 1 N–H and O–H groups in total. The summed E-state index contributed by atoms with van der Waals surface area (Å²) in [5.41, 5.74) is 5.54. The van der Waals surface area contributed by atoms with Crippen LogP contribution in [0.2, 0.25) is 11.1 Å². The molecular weight excluding hydrogens is 506 g/mol. The van der Waals surface area contributed by atoms with Crippen LogP contribution in [0.5, 0.6) is 0 Å². The summed E-state index contributed by atoms with van der Waals surface area (Å²) in [5, 5.41) is 13.5. The maximum Gasteiger partial charge on any atom is 0.407 e. The number of fused-ring (bicyclic) bond motifs is 1. The number of benzene rings is 2. The van der Waals surface area contributed by atoms with Crippen LogP contribution < -0.4 is 5.32 Å². The average Bonchev–Trinajstić information content (AvgIpc) is 3.44. The van der Waals surface area contributed by atoms with Crippen LogP contribution in [0.15, 0.2) is 54.9 Å². The van der Waals surface area contributed by atoms with E-state index in [4.69, 9.17) is 14.6 Å². The number of ether oxygens (including phenoxy) is 2. The van der Waals surface area contributed by atoms with E-state index in [1.807, 2.05) is 57.0 Å². The summed E-state index contributed by atoms with van der Waals surface area (Å²) >= 11 is 0. The second-order valence-electron chi connectivity index (χ2n) is 11.7. The van der Waals surface area contributed by atoms with E-state index >= 15 is 0 Å². The second kappa shape index (κ2) is 11.8. The van der Waals surface area contributed by atoms with Crippen molar-refractivity contribution in [2.75, 3.05) is 6.61 Å². The molecule has 2 aromatic heterocycles. The van der Waals surface area contributed by atoms with Gasteiger partial charge in [-0.15, -0.1) is 0 Å². The highest BCUT2D eigenvalue weighted by atomic mass is 28.2. The zero-order valence-electron chi connectivity index (χ0n) is 24.0. The monoisotopic (exact) mass is 545 g/mol. The van der Waals surface area contributed by atoms with E-state index in [-0.39, 0.29) is 0 Å². The first-order valence-electron chi connectivity index (χ1n) is 13.3. The van der Waals surface area contributed by atoms with E-state index < -0.39 is 11.7 Å². The molecule has 0 fully saturated rings. The Bertz CT molecular complexity index is 1410. The maximum atomic E-state index is 12.0. The van der Waals surface area contributed by atoms with Gasteiger partial charge >= 0.3 is 6.09 Å². The fraction of sp³-hybridized carbons (Fsp3) is 0.433. The molecule has 0 bridgehead atoms. The Morgan fingerprint density at radius 3 is 2.36 bits per heavy atom. The van der Waals surface area contributed by atoms with Crippen LogP contribution in [-0.2, 0) is 29.8 Å². The molecule has 0 saturated heterocycles. The van der Waals surface area contributed by atoms with E-state index in [0.717, 1.165) is 54.4 Å². The molecule has 0 unspecified atom stereocenters. The number of aryl methyl sites for hydroxylation is 1.